The molecule has 3 N–H and O–H groups in total. The molecule has 0 aliphatic carbocycles. The number of ether oxygens (including phenoxy) is 2. The van der Waals surface area contributed by atoms with E-state index >= 15 is 0 Å². The Morgan fingerprint density at radius 3 is 2.04 bits per heavy atom. The Kier molecular flexibility index (Phi) is 23.6. The number of aliphatic hydroxyl groups is 1. The maximum Gasteiger partial charge on any atom is 0.242 e. The Morgan fingerprint density at radius 2 is 1.58 bits per heavy atom. The van der Waals surface area contributed by atoms with Gasteiger partial charge in [-0.05, 0) is 51.3 Å². The number of hydrogen-bond acceptors (Lipinski definition) is 8. The Hall–Kier alpha value is -3.06. The van der Waals surface area contributed by atoms with Crippen LogP contribution in [0.25, 0.3) is 0 Å². The van der Waals surface area contributed by atoms with Crippen molar-refractivity contribution in [2.24, 2.45) is 17.8 Å². The summed E-state index contributed by atoms with van der Waals surface area (Å²) < 4.78 is 11.8. The summed E-state index contributed by atoms with van der Waals surface area (Å²) in [5.74, 6) is -1.50. The molecule has 12 heteroatoms. The number of carbonyl (C=O) groups excluding carboxylic acids is 4. The molecule has 1 rings (SSSR count). The molecule has 1 heterocycles. The monoisotopic (exact) mass is 736 g/mol. The quantitative estimate of drug-likeness (QED) is 0.149. The standard InChI is InChI=1S/C37H65N5O7.C3H8/c1-14-18-27(16-3)34(45)26(8)39-36(46)25(7)35(49-13)28-19-17-20-42(28)30(43)21-29(48-12)33(24(6)15-2)41(11)31(44)22-38-37(47)32(23(4)5)40(9)10;1-3-2/h14,16,18,23-26,28-29,32-35,45H,1,3,15,17,19-22H2,2,4-13H3,(H,38,47)(H,39,46);3H2,1-2H3/b27-18+;/t24-,25+,26+,28-,29+,32?,33-,34+,35+;/m0./s1. The van der Waals surface area contributed by atoms with Gasteiger partial charge in [-0.25, -0.2) is 0 Å². The first-order valence-corrected chi connectivity index (χ1v) is 18.9. The number of likely N-dealkylation sites (tertiary alicyclic amines) is 1. The van der Waals surface area contributed by atoms with Crippen LogP contribution in [0.2, 0.25) is 0 Å². The normalized spacial score (nSPS) is 19.3. The van der Waals surface area contributed by atoms with Crippen molar-refractivity contribution in [2.75, 3.05) is 48.5 Å². The zero-order valence-electron chi connectivity index (χ0n) is 34.6. The van der Waals surface area contributed by atoms with E-state index in [4.69, 9.17) is 9.47 Å². The highest BCUT2D eigenvalue weighted by Crippen LogP contribution is 2.29. The summed E-state index contributed by atoms with van der Waals surface area (Å²) in [5, 5.41) is 16.4. The van der Waals surface area contributed by atoms with E-state index in [0.29, 0.717) is 18.5 Å². The van der Waals surface area contributed by atoms with Crippen molar-refractivity contribution >= 4 is 23.6 Å². The molecule has 1 saturated heterocycles. The number of methoxy groups -OCH3 is 2. The maximum absolute atomic E-state index is 14.0. The van der Waals surface area contributed by atoms with E-state index in [1.54, 1.807) is 50.0 Å². The number of carbonyl (C=O) groups is 4. The Bertz CT molecular complexity index is 1150. The second kappa shape index (κ2) is 25.0. The molecule has 0 aromatic rings. The molecule has 1 aliphatic heterocycles. The van der Waals surface area contributed by atoms with Gasteiger partial charge in [0.05, 0.1) is 61.4 Å². The number of nitrogens with one attached hydrogen (secondary N) is 2. The van der Waals surface area contributed by atoms with Crippen molar-refractivity contribution in [3.63, 3.8) is 0 Å². The predicted octanol–water partition coefficient (Wildman–Crippen LogP) is 4.19. The molecule has 1 fully saturated rings. The summed E-state index contributed by atoms with van der Waals surface area (Å²) in [7, 11) is 8.44. The second-order valence-corrected chi connectivity index (χ2v) is 14.6. The largest absolute Gasteiger partial charge is 0.386 e. The highest BCUT2D eigenvalue weighted by Gasteiger charge is 2.42. The summed E-state index contributed by atoms with van der Waals surface area (Å²) in [5.41, 5.74) is 0.538. The van der Waals surface area contributed by atoms with Crippen LogP contribution in [0.4, 0.5) is 0 Å². The fraction of sp³-hybridized carbons (Fsp3) is 0.750. The fourth-order valence-corrected chi connectivity index (χ4v) is 7.00. The van der Waals surface area contributed by atoms with Crippen molar-refractivity contribution in [1.82, 2.24) is 25.3 Å². The van der Waals surface area contributed by atoms with Gasteiger partial charge in [-0.15, -0.1) is 0 Å². The molecule has 4 amide bonds. The molecule has 0 aromatic carbocycles. The summed E-state index contributed by atoms with van der Waals surface area (Å²) >= 11 is 0. The van der Waals surface area contributed by atoms with Crippen molar-refractivity contribution in [2.45, 2.75) is 130 Å². The van der Waals surface area contributed by atoms with Gasteiger partial charge in [0, 0.05) is 27.8 Å². The third-order valence-corrected chi connectivity index (χ3v) is 9.91. The first-order valence-electron chi connectivity index (χ1n) is 18.9. The topological polar surface area (TPSA) is 141 Å². The van der Waals surface area contributed by atoms with Crippen LogP contribution in [0.3, 0.4) is 0 Å². The van der Waals surface area contributed by atoms with Crippen molar-refractivity contribution < 1.29 is 33.8 Å². The lowest BCUT2D eigenvalue weighted by Gasteiger charge is -2.39. The fourth-order valence-electron chi connectivity index (χ4n) is 7.00. The summed E-state index contributed by atoms with van der Waals surface area (Å²) in [6.07, 6.45) is 5.99. The number of amides is 4. The number of hydrogen-bond donors (Lipinski definition) is 3. The lowest BCUT2D eigenvalue weighted by molar-refractivity contribution is -0.146. The van der Waals surface area contributed by atoms with E-state index in [0.717, 1.165) is 12.8 Å². The molecule has 52 heavy (non-hydrogen) atoms. The highest BCUT2D eigenvalue weighted by atomic mass is 16.5. The van der Waals surface area contributed by atoms with Gasteiger partial charge in [-0.2, -0.15) is 0 Å². The summed E-state index contributed by atoms with van der Waals surface area (Å²) in [4.78, 5) is 58.8. The van der Waals surface area contributed by atoms with Crippen molar-refractivity contribution in [3.8, 4) is 0 Å². The van der Waals surface area contributed by atoms with E-state index in [2.05, 4.69) is 37.6 Å². The number of likely N-dealkylation sites (N-methyl/N-ethyl adjacent to an activating group) is 2. The van der Waals surface area contributed by atoms with E-state index < -0.39 is 36.3 Å². The van der Waals surface area contributed by atoms with Gasteiger partial charge in [0.25, 0.3) is 0 Å². The van der Waals surface area contributed by atoms with Gasteiger partial charge < -0.3 is 35.0 Å². The molecule has 0 spiro atoms. The van der Waals surface area contributed by atoms with E-state index in [9.17, 15) is 24.3 Å². The molecule has 1 unspecified atom stereocenters. The van der Waals surface area contributed by atoms with Crippen LogP contribution < -0.4 is 10.6 Å². The van der Waals surface area contributed by atoms with Crippen LogP contribution in [0.5, 0.6) is 0 Å². The van der Waals surface area contributed by atoms with Crippen LogP contribution in [0.15, 0.2) is 37.0 Å². The van der Waals surface area contributed by atoms with Gasteiger partial charge in [0.2, 0.25) is 23.6 Å². The first-order chi connectivity index (χ1) is 24.4. The highest BCUT2D eigenvalue weighted by molar-refractivity contribution is 5.87. The number of allylic oxidation sites excluding steroid dienone is 2. The predicted molar refractivity (Wildman–Crippen MR) is 209 cm³/mol. The zero-order valence-corrected chi connectivity index (χ0v) is 34.6. The zero-order chi connectivity index (χ0) is 40.3. The lowest BCUT2D eigenvalue weighted by Crippen LogP contribution is -2.55. The average molecular weight is 736 g/mol. The SMILES string of the molecule is C=C/C=C(\C=C)[C@H](O)[C@@H](C)NC(=O)[C@H](C)[C@@H](OC)[C@@H]1CCCN1C(=O)C[C@@H](OC)[C@H]([C@@H](C)CC)N(C)C(=O)CNC(=O)C(C(C)C)N(C)C.CCC. The lowest BCUT2D eigenvalue weighted by atomic mass is 9.90. The third kappa shape index (κ3) is 14.4. The minimum absolute atomic E-state index is 0.00215. The third-order valence-electron chi connectivity index (χ3n) is 9.91. The van der Waals surface area contributed by atoms with Gasteiger partial charge >= 0.3 is 0 Å². The van der Waals surface area contributed by atoms with Gasteiger partial charge in [-0.3, -0.25) is 24.1 Å². The molecule has 12 nitrogen and oxygen atoms in total. The molecule has 0 aromatic heterocycles. The molecular weight excluding hydrogens is 662 g/mol. The minimum atomic E-state index is -0.974. The molecule has 0 radical (unpaired) electrons. The van der Waals surface area contributed by atoms with Crippen LogP contribution >= 0.6 is 0 Å². The van der Waals surface area contributed by atoms with Gasteiger partial charge in [-0.1, -0.05) is 92.7 Å². The van der Waals surface area contributed by atoms with Crippen molar-refractivity contribution in [3.05, 3.63) is 37.0 Å². The Balaban J connectivity index is 0.00000835. The van der Waals surface area contributed by atoms with Gasteiger partial charge in [0.1, 0.15) is 0 Å². The first kappa shape index (κ1) is 48.9. The summed E-state index contributed by atoms with van der Waals surface area (Å²) in [6, 6.07) is -1.74. The van der Waals surface area contributed by atoms with Crippen molar-refractivity contribution in [1.29, 1.82) is 0 Å². The average Bonchev–Trinajstić information content (AvgIpc) is 3.58. The van der Waals surface area contributed by atoms with E-state index in [-0.39, 0.29) is 60.5 Å². The smallest absolute Gasteiger partial charge is 0.242 e. The summed E-state index contributed by atoms with van der Waals surface area (Å²) in [6.45, 7) is 23.4. The van der Waals surface area contributed by atoms with Crippen LogP contribution in [0, 0.1) is 17.8 Å². The molecule has 1 aliphatic rings. The van der Waals surface area contributed by atoms with Crippen LogP contribution in [-0.4, -0.2) is 134 Å². The molecule has 0 saturated carbocycles. The Morgan fingerprint density at radius 1 is 0.981 bits per heavy atom. The van der Waals surface area contributed by atoms with Crippen LogP contribution in [0.1, 0.15) is 87.5 Å². The maximum atomic E-state index is 14.0. The molecule has 9 atom stereocenters. The molecular formula is C40H73N5O7. The van der Waals surface area contributed by atoms with E-state index in [1.807, 2.05) is 46.7 Å². The number of rotatable bonds is 21. The van der Waals surface area contributed by atoms with Gasteiger partial charge in [0.15, 0.2) is 0 Å². The Labute approximate surface area is 315 Å². The van der Waals surface area contributed by atoms with Crippen LogP contribution in [-0.2, 0) is 28.7 Å². The number of aliphatic hydroxyl groups excluding tert-OH is 1. The molecule has 0 bridgehead atoms. The second-order valence-electron chi connectivity index (χ2n) is 14.6. The number of nitrogens with zero attached hydrogens (tertiary/aromatic N) is 3. The molecule has 300 valence electrons. The minimum Gasteiger partial charge on any atom is -0.386 e. The van der Waals surface area contributed by atoms with E-state index in [1.165, 1.54) is 19.6 Å².